The number of nitro groups is 1. The molecule has 0 atom stereocenters. The van der Waals surface area contributed by atoms with E-state index in [-0.39, 0.29) is 16.9 Å². The quantitative estimate of drug-likeness (QED) is 0.519. The number of halogens is 1. The van der Waals surface area contributed by atoms with Gasteiger partial charge in [-0.25, -0.2) is 9.18 Å². The van der Waals surface area contributed by atoms with Gasteiger partial charge in [0, 0.05) is 6.07 Å². The monoisotopic (exact) mass is 318 g/mol. The summed E-state index contributed by atoms with van der Waals surface area (Å²) in [6, 6.07) is 10.7. The fraction of sp³-hybridized carbons (Fsp3) is 0.0667. The highest BCUT2D eigenvalue weighted by molar-refractivity contribution is 5.96. The molecule has 0 bridgehead atoms. The molecular formula is C15H11FN2O5. The first kappa shape index (κ1) is 16.1. The molecule has 0 saturated heterocycles. The fourth-order valence-corrected chi connectivity index (χ4v) is 1.76. The fourth-order valence-electron chi connectivity index (χ4n) is 1.76. The summed E-state index contributed by atoms with van der Waals surface area (Å²) in [6.07, 6.45) is 0. The molecule has 118 valence electrons. The van der Waals surface area contributed by atoms with E-state index in [9.17, 15) is 24.1 Å². The van der Waals surface area contributed by atoms with Crippen LogP contribution in [-0.2, 0) is 9.53 Å². The highest BCUT2D eigenvalue weighted by Gasteiger charge is 2.17. The Hall–Kier alpha value is -3.29. The lowest BCUT2D eigenvalue weighted by Gasteiger charge is -2.07. The second kappa shape index (κ2) is 7.12. The zero-order valence-corrected chi connectivity index (χ0v) is 11.7. The molecule has 0 unspecified atom stereocenters. The molecule has 0 spiro atoms. The highest BCUT2D eigenvalue weighted by atomic mass is 19.1. The topological polar surface area (TPSA) is 98.5 Å². The molecule has 7 nitrogen and oxygen atoms in total. The molecule has 23 heavy (non-hydrogen) atoms. The maximum absolute atomic E-state index is 13.4. The molecule has 0 heterocycles. The van der Waals surface area contributed by atoms with Crippen molar-refractivity contribution >= 4 is 23.3 Å². The molecule has 0 radical (unpaired) electrons. The van der Waals surface area contributed by atoms with Crippen LogP contribution in [0.3, 0.4) is 0 Å². The van der Waals surface area contributed by atoms with Crippen LogP contribution in [0.4, 0.5) is 15.8 Å². The number of anilines is 1. The number of hydrogen-bond donors (Lipinski definition) is 1. The Bertz CT molecular complexity index is 763. The molecule has 2 aromatic rings. The second-order valence-corrected chi connectivity index (χ2v) is 4.38. The molecule has 0 aromatic heterocycles. The summed E-state index contributed by atoms with van der Waals surface area (Å²) < 4.78 is 18.1. The number of benzene rings is 2. The molecule has 0 aliphatic rings. The number of para-hydroxylation sites is 2. The maximum Gasteiger partial charge on any atom is 0.341 e. The van der Waals surface area contributed by atoms with Crippen molar-refractivity contribution in [1.82, 2.24) is 0 Å². The lowest BCUT2D eigenvalue weighted by atomic mass is 10.2. The van der Waals surface area contributed by atoms with Gasteiger partial charge in [-0.3, -0.25) is 14.9 Å². The van der Waals surface area contributed by atoms with Crippen LogP contribution in [0.5, 0.6) is 0 Å². The number of esters is 1. The summed E-state index contributed by atoms with van der Waals surface area (Å²) in [7, 11) is 0. The smallest absolute Gasteiger partial charge is 0.341 e. The van der Waals surface area contributed by atoms with E-state index in [1.165, 1.54) is 42.5 Å². The lowest BCUT2D eigenvalue weighted by molar-refractivity contribution is -0.383. The Labute approximate surface area is 129 Å². The van der Waals surface area contributed by atoms with Gasteiger partial charge in [0.1, 0.15) is 11.5 Å². The van der Waals surface area contributed by atoms with Crippen molar-refractivity contribution in [2.45, 2.75) is 0 Å². The van der Waals surface area contributed by atoms with E-state index in [1.54, 1.807) is 0 Å². The van der Waals surface area contributed by atoms with Crippen LogP contribution in [0.25, 0.3) is 0 Å². The zero-order valence-electron chi connectivity index (χ0n) is 11.7. The number of nitro benzene ring substituents is 1. The van der Waals surface area contributed by atoms with Gasteiger partial charge < -0.3 is 10.1 Å². The van der Waals surface area contributed by atoms with Crippen molar-refractivity contribution in [3.8, 4) is 0 Å². The van der Waals surface area contributed by atoms with Gasteiger partial charge >= 0.3 is 5.97 Å². The van der Waals surface area contributed by atoms with Crippen LogP contribution < -0.4 is 5.32 Å². The third kappa shape index (κ3) is 4.10. The zero-order chi connectivity index (χ0) is 16.8. The van der Waals surface area contributed by atoms with Crippen molar-refractivity contribution in [2.75, 3.05) is 11.9 Å². The minimum absolute atomic E-state index is 0.0237. The van der Waals surface area contributed by atoms with E-state index in [0.29, 0.717) is 0 Å². The Balaban J connectivity index is 1.97. The summed E-state index contributed by atoms with van der Waals surface area (Å²) in [4.78, 5) is 33.5. The molecule has 0 aliphatic carbocycles. The summed E-state index contributed by atoms with van der Waals surface area (Å²) in [5.74, 6) is -2.54. The Kier molecular flexibility index (Phi) is 4.98. The van der Waals surface area contributed by atoms with E-state index in [2.05, 4.69) is 10.1 Å². The molecule has 2 rings (SSSR count). The number of hydrogen-bond acceptors (Lipinski definition) is 5. The van der Waals surface area contributed by atoms with E-state index in [0.717, 1.165) is 6.07 Å². The molecule has 0 aliphatic heterocycles. The van der Waals surface area contributed by atoms with E-state index >= 15 is 0 Å². The summed E-state index contributed by atoms with van der Waals surface area (Å²) in [5, 5.41) is 13.1. The van der Waals surface area contributed by atoms with Crippen molar-refractivity contribution in [2.24, 2.45) is 0 Å². The largest absolute Gasteiger partial charge is 0.452 e. The molecule has 2 aromatic carbocycles. The summed E-state index contributed by atoms with van der Waals surface area (Å²) >= 11 is 0. The number of nitrogens with one attached hydrogen (secondary N) is 1. The van der Waals surface area contributed by atoms with Crippen molar-refractivity contribution in [3.63, 3.8) is 0 Å². The number of amides is 1. The Morgan fingerprint density at radius 1 is 1.13 bits per heavy atom. The van der Waals surface area contributed by atoms with E-state index in [1.807, 2.05) is 0 Å². The van der Waals surface area contributed by atoms with Crippen molar-refractivity contribution in [3.05, 3.63) is 70.0 Å². The molecule has 8 heteroatoms. The number of carbonyl (C=O) groups excluding carboxylic acids is 2. The van der Waals surface area contributed by atoms with Crippen molar-refractivity contribution < 1.29 is 23.6 Å². The standard InChI is InChI=1S/C15H11FN2O5/c16-11-6-2-1-5-10(11)15(20)23-9-14(19)17-12-7-3-4-8-13(12)18(21)22/h1-8H,9H2,(H,17,19). The third-order valence-corrected chi connectivity index (χ3v) is 2.80. The average Bonchev–Trinajstić information content (AvgIpc) is 2.53. The van der Waals surface area contributed by atoms with E-state index < -0.39 is 29.2 Å². The number of carbonyl (C=O) groups is 2. The average molecular weight is 318 g/mol. The first-order valence-electron chi connectivity index (χ1n) is 6.44. The highest BCUT2D eigenvalue weighted by Crippen LogP contribution is 2.22. The predicted molar refractivity (Wildman–Crippen MR) is 78.4 cm³/mol. The Morgan fingerprint density at radius 3 is 2.48 bits per heavy atom. The summed E-state index contributed by atoms with van der Waals surface area (Å²) in [5.41, 5.74) is -0.614. The summed E-state index contributed by atoms with van der Waals surface area (Å²) in [6.45, 7) is -0.695. The van der Waals surface area contributed by atoms with E-state index in [4.69, 9.17) is 0 Å². The van der Waals surface area contributed by atoms with Crippen LogP contribution in [0.2, 0.25) is 0 Å². The van der Waals surface area contributed by atoms with Crippen LogP contribution in [0.15, 0.2) is 48.5 Å². The molecule has 0 fully saturated rings. The first-order valence-corrected chi connectivity index (χ1v) is 6.44. The van der Waals surface area contributed by atoms with Gasteiger partial charge in [-0.2, -0.15) is 0 Å². The Morgan fingerprint density at radius 2 is 1.78 bits per heavy atom. The number of rotatable bonds is 5. The van der Waals surface area contributed by atoms with Crippen molar-refractivity contribution in [1.29, 1.82) is 0 Å². The SMILES string of the molecule is O=C(COC(=O)c1ccccc1F)Nc1ccccc1[N+](=O)[O-]. The molecular weight excluding hydrogens is 307 g/mol. The molecule has 0 saturated carbocycles. The van der Waals surface area contributed by atoms with Crippen LogP contribution >= 0.6 is 0 Å². The normalized spacial score (nSPS) is 9.96. The van der Waals surface area contributed by atoms with Gasteiger partial charge in [-0.15, -0.1) is 0 Å². The minimum Gasteiger partial charge on any atom is -0.452 e. The van der Waals surface area contributed by atoms with Crippen LogP contribution in [-0.4, -0.2) is 23.4 Å². The van der Waals surface area contributed by atoms with Gasteiger partial charge in [-0.05, 0) is 18.2 Å². The third-order valence-electron chi connectivity index (χ3n) is 2.80. The maximum atomic E-state index is 13.4. The number of ether oxygens (including phenoxy) is 1. The lowest BCUT2D eigenvalue weighted by Crippen LogP contribution is -2.21. The van der Waals surface area contributed by atoms with Gasteiger partial charge in [0.2, 0.25) is 0 Å². The number of nitrogens with zero attached hydrogens (tertiary/aromatic N) is 1. The minimum atomic E-state index is -0.999. The first-order chi connectivity index (χ1) is 11.0. The second-order valence-electron chi connectivity index (χ2n) is 4.38. The predicted octanol–water partition coefficient (Wildman–Crippen LogP) is 2.53. The van der Waals surface area contributed by atoms with Gasteiger partial charge in [-0.1, -0.05) is 24.3 Å². The van der Waals surface area contributed by atoms with Crippen LogP contribution in [0.1, 0.15) is 10.4 Å². The molecule has 1 N–H and O–H groups in total. The van der Waals surface area contributed by atoms with Crippen LogP contribution in [0, 0.1) is 15.9 Å². The van der Waals surface area contributed by atoms with Gasteiger partial charge in [0.05, 0.1) is 10.5 Å². The van der Waals surface area contributed by atoms with Gasteiger partial charge in [0.15, 0.2) is 6.61 Å². The molecule has 1 amide bonds. The van der Waals surface area contributed by atoms with Gasteiger partial charge in [0.25, 0.3) is 11.6 Å².